The maximum absolute atomic E-state index is 13.2. The predicted octanol–water partition coefficient (Wildman–Crippen LogP) is 5.41. The lowest BCUT2D eigenvalue weighted by Crippen LogP contribution is -2.33. The van der Waals surface area contributed by atoms with Gasteiger partial charge in [0, 0.05) is 11.4 Å². The average Bonchev–Trinajstić information content (AvgIpc) is 3.41. The zero-order chi connectivity index (χ0) is 23.4. The van der Waals surface area contributed by atoms with Crippen LogP contribution in [0.3, 0.4) is 0 Å². The molecule has 1 saturated heterocycles. The van der Waals surface area contributed by atoms with Crippen LogP contribution in [0.15, 0.2) is 70.3 Å². The van der Waals surface area contributed by atoms with Gasteiger partial charge in [-0.1, -0.05) is 41.6 Å². The third kappa shape index (κ3) is 5.40. The van der Waals surface area contributed by atoms with Crippen molar-refractivity contribution in [1.82, 2.24) is 4.90 Å². The summed E-state index contributed by atoms with van der Waals surface area (Å²) in [4.78, 5) is 32.1. The second-order valence-corrected chi connectivity index (χ2v) is 8.97. The number of nitrogens with one attached hydrogen (secondary N) is 1. The Morgan fingerprint density at radius 2 is 2.06 bits per heavy atom. The number of hydrogen-bond acceptors (Lipinski definition) is 6. The minimum Gasteiger partial charge on any atom is -0.495 e. The second kappa shape index (κ2) is 10.1. The summed E-state index contributed by atoms with van der Waals surface area (Å²) in [7, 11) is 1.54. The molecule has 3 aromatic rings. The van der Waals surface area contributed by atoms with Gasteiger partial charge in [0.1, 0.15) is 16.8 Å². The van der Waals surface area contributed by atoms with Crippen molar-refractivity contribution in [3.63, 3.8) is 0 Å². The first kappa shape index (κ1) is 22.9. The number of ether oxygens (including phenoxy) is 1. The Kier molecular flexibility index (Phi) is 7.05. The molecule has 0 radical (unpaired) electrons. The zero-order valence-corrected chi connectivity index (χ0v) is 19.7. The number of amidine groups is 1. The second-order valence-electron chi connectivity index (χ2n) is 7.39. The number of hydrogen-bond donors (Lipinski definition) is 1. The first-order valence-corrected chi connectivity index (χ1v) is 11.5. The van der Waals surface area contributed by atoms with Crippen molar-refractivity contribution in [2.45, 2.75) is 25.1 Å². The standard InChI is InChI=1S/C24H22ClN3O4S/c1-15-9-10-16(12-18(15)25)26-24-28(14-17-6-5-11-32-17)23(30)21(33-24)13-22(29)27-19-7-3-4-8-20(19)31-2/h3-12,21H,13-14H2,1-2H3,(H,27,29). The van der Waals surface area contributed by atoms with E-state index in [1.165, 1.54) is 23.8 Å². The van der Waals surface area contributed by atoms with Gasteiger partial charge < -0.3 is 14.5 Å². The molecule has 0 spiro atoms. The molecule has 1 atom stereocenters. The summed E-state index contributed by atoms with van der Waals surface area (Å²) in [5.74, 6) is 0.679. The fraction of sp³-hybridized carbons (Fsp3) is 0.208. The van der Waals surface area contributed by atoms with Gasteiger partial charge in [0.15, 0.2) is 5.17 Å². The molecule has 2 aromatic carbocycles. The maximum Gasteiger partial charge on any atom is 0.243 e. The monoisotopic (exact) mass is 483 g/mol. The Morgan fingerprint density at radius 1 is 1.24 bits per heavy atom. The number of para-hydroxylation sites is 2. The highest BCUT2D eigenvalue weighted by Gasteiger charge is 2.39. The van der Waals surface area contributed by atoms with E-state index in [9.17, 15) is 9.59 Å². The molecule has 1 aliphatic heterocycles. The number of rotatable bonds is 7. The molecule has 9 heteroatoms. The van der Waals surface area contributed by atoms with E-state index < -0.39 is 5.25 Å². The summed E-state index contributed by atoms with van der Waals surface area (Å²) in [6.07, 6.45) is 1.54. The Labute approximate surface area is 200 Å². The number of thioether (sulfide) groups is 1. The van der Waals surface area contributed by atoms with Crippen LogP contribution in [0, 0.1) is 6.92 Å². The lowest BCUT2D eigenvalue weighted by atomic mass is 10.2. The smallest absolute Gasteiger partial charge is 0.243 e. The predicted molar refractivity (Wildman–Crippen MR) is 130 cm³/mol. The maximum atomic E-state index is 13.2. The molecule has 1 unspecified atom stereocenters. The average molecular weight is 484 g/mol. The van der Waals surface area contributed by atoms with Crippen molar-refractivity contribution in [3.05, 3.63) is 77.2 Å². The summed E-state index contributed by atoms with van der Waals surface area (Å²) in [5, 5.41) is 3.29. The number of carbonyl (C=O) groups excluding carboxylic acids is 2. The summed E-state index contributed by atoms with van der Waals surface area (Å²) in [5.41, 5.74) is 2.12. The molecule has 0 aliphatic carbocycles. The van der Waals surface area contributed by atoms with Crippen LogP contribution in [-0.2, 0) is 16.1 Å². The van der Waals surface area contributed by atoms with E-state index in [4.69, 9.17) is 20.8 Å². The quantitative estimate of drug-likeness (QED) is 0.485. The van der Waals surface area contributed by atoms with Gasteiger partial charge in [-0.3, -0.25) is 14.5 Å². The number of anilines is 1. The van der Waals surface area contributed by atoms with Gasteiger partial charge in [0.25, 0.3) is 0 Å². The van der Waals surface area contributed by atoms with Gasteiger partial charge >= 0.3 is 0 Å². The molecule has 2 amide bonds. The van der Waals surface area contributed by atoms with E-state index in [0.717, 1.165) is 5.56 Å². The zero-order valence-electron chi connectivity index (χ0n) is 18.1. The summed E-state index contributed by atoms with van der Waals surface area (Å²) < 4.78 is 10.7. The van der Waals surface area contributed by atoms with E-state index in [2.05, 4.69) is 10.3 Å². The van der Waals surface area contributed by atoms with Crippen LogP contribution in [0.5, 0.6) is 5.75 Å². The van der Waals surface area contributed by atoms with Crippen LogP contribution in [0.4, 0.5) is 11.4 Å². The van der Waals surface area contributed by atoms with Crippen LogP contribution < -0.4 is 10.1 Å². The number of aliphatic imine (C=N–C) groups is 1. The Morgan fingerprint density at radius 3 is 2.79 bits per heavy atom. The fourth-order valence-electron chi connectivity index (χ4n) is 3.31. The highest BCUT2D eigenvalue weighted by atomic mass is 35.5. The molecule has 0 bridgehead atoms. The number of amides is 2. The SMILES string of the molecule is COc1ccccc1NC(=O)CC1SC(=Nc2ccc(C)c(Cl)c2)N(Cc2ccco2)C1=O. The van der Waals surface area contributed by atoms with Gasteiger partial charge in [0.05, 0.1) is 31.3 Å². The molecule has 1 aliphatic rings. The van der Waals surface area contributed by atoms with Gasteiger partial charge in [-0.05, 0) is 48.9 Å². The molecule has 170 valence electrons. The van der Waals surface area contributed by atoms with Gasteiger partial charge in [-0.15, -0.1) is 0 Å². The number of methoxy groups -OCH3 is 1. The Balaban J connectivity index is 1.55. The summed E-state index contributed by atoms with van der Waals surface area (Å²) in [6, 6.07) is 16.1. The van der Waals surface area contributed by atoms with Crippen LogP contribution in [0.2, 0.25) is 5.02 Å². The van der Waals surface area contributed by atoms with Gasteiger partial charge in [-0.2, -0.15) is 0 Å². The number of furan rings is 1. The molecule has 1 N–H and O–H groups in total. The molecule has 1 fully saturated rings. The van der Waals surface area contributed by atoms with Crippen molar-refractivity contribution < 1.29 is 18.7 Å². The summed E-state index contributed by atoms with van der Waals surface area (Å²) >= 11 is 7.50. The lowest BCUT2D eigenvalue weighted by molar-refractivity contribution is -0.128. The molecular weight excluding hydrogens is 462 g/mol. The van der Waals surface area contributed by atoms with Crippen molar-refractivity contribution in [2.75, 3.05) is 12.4 Å². The van der Waals surface area contributed by atoms with E-state index in [0.29, 0.717) is 33.1 Å². The Hall–Kier alpha value is -3.23. The molecule has 2 heterocycles. The lowest BCUT2D eigenvalue weighted by Gasteiger charge is -2.15. The molecular formula is C24H22ClN3O4S. The first-order valence-electron chi connectivity index (χ1n) is 10.2. The Bertz CT molecular complexity index is 1200. The third-order valence-corrected chi connectivity index (χ3v) is 6.63. The fourth-order valence-corrected chi connectivity index (χ4v) is 4.64. The molecule has 1 aromatic heterocycles. The molecule has 0 saturated carbocycles. The van der Waals surface area contributed by atoms with Crippen molar-refractivity contribution in [2.24, 2.45) is 4.99 Å². The number of aryl methyl sites for hydroxylation is 1. The van der Waals surface area contributed by atoms with E-state index in [1.807, 2.05) is 25.1 Å². The minimum absolute atomic E-state index is 0.0100. The largest absolute Gasteiger partial charge is 0.495 e. The van der Waals surface area contributed by atoms with Crippen LogP contribution >= 0.6 is 23.4 Å². The minimum atomic E-state index is -0.616. The first-order chi connectivity index (χ1) is 15.9. The molecule has 4 rings (SSSR count). The highest BCUT2D eigenvalue weighted by molar-refractivity contribution is 8.15. The summed E-state index contributed by atoms with van der Waals surface area (Å²) in [6.45, 7) is 2.13. The number of benzene rings is 2. The van der Waals surface area contributed by atoms with Crippen molar-refractivity contribution >= 4 is 51.7 Å². The van der Waals surface area contributed by atoms with Crippen LogP contribution in [0.1, 0.15) is 17.7 Å². The van der Waals surface area contributed by atoms with Crippen molar-refractivity contribution in [1.29, 1.82) is 0 Å². The van der Waals surface area contributed by atoms with Crippen LogP contribution in [-0.4, -0.2) is 34.2 Å². The third-order valence-electron chi connectivity index (χ3n) is 5.05. The number of halogens is 1. The normalized spacial score (nSPS) is 16.9. The van der Waals surface area contributed by atoms with Gasteiger partial charge in [-0.25, -0.2) is 4.99 Å². The van der Waals surface area contributed by atoms with Crippen LogP contribution in [0.25, 0.3) is 0 Å². The highest BCUT2D eigenvalue weighted by Crippen LogP contribution is 2.34. The molecule has 33 heavy (non-hydrogen) atoms. The molecule has 7 nitrogen and oxygen atoms in total. The topological polar surface area (TPSA) is 84.1 Å². The van der Waals surface area contributed by atoms with E-state index in [-0.39, 0.29) is 24.8 Å². The van der Waals surface area contributed by atoms with Gasteiger partial charge in [0.2, 0.25) is 11.8 Å². The number of nitrogens with zero attached hydrogens (tertiary/aromatic N) is 2. The number of carbonyl (C=O) groups is 2. The van der Waals surface area contributed by atoms with E-state index in [1.54, 1.807) is 42.7 Å². The van der Waals surface area contributed by atoms with E-state index >= 15 is 0 Å². The van der Waals surface area contributed by atoms with Crippen molar-refractivity contribution in [3.8, 4) is 5.75 Å².